The minimum atomic E-state index is 0.222. The Bertz CT molecular complexity index is 335. The van der Waals surface area contributed by atoms with Crippen molar-refractivity contribution in [2.24, 2.45) is 0 Å². The Labute approximate surface area is 89.1 Å². The van der Waals surface area contributed by atoms with Crippen LogP contribution in [0, 0.1) is 0 Å². The number of aromatic hydroxyl groups is 1. The first kappa shape index (κ1) is 10.3. The number of anilines is 1. The van der Waals surface area contributed by atoms with E-state index in [1.165, 1.54) is 12.8 Å². The lowest BCUT2D eigenvalue weighted by Crippen LogP contribution is -2.18. The fraction of sp³-hybridized carbons (Fsp3) is 0.455. The van der Waals surface area contributed by atoms with E-state index in [4.69, 9.17) is 5.21 Å². The van der Waals surface area contributed by atoms with Gasteiger partial charge in [-0.05, 0) is 31.0 Å². The third-order valence-electron chi connectivity index (χ3n) is 2.80. The van der Waals surface area contributed by atoms with E-state index in [0.717, 1.165) is 24.3 Å². The van der Waals surface area contributed by atoms with Crippen molar-refractivity contribution in [1.29, 1.82) is 0 Å². The summed E-state index contributed by atoms with van der Waals surface area (Å²) < 4.78 is 0. The number of hydroxylamine groups is 1. The largest absolute Gasteiger partial charge is 0.508 e. The molecule has 1 saturated heterocycles. The molecule has 1 heterocycles. The van der Waals surface area contributed by atoms with Crippen LogP contribution in [0.15, 0.2) is 18.2 Å². The Kier molecular flexibility index (Phi) is 3.08. The van der Waals surface area contributed by atoms with Gasteiger partial charge in [0.1, 0.15) is 5.75 Å². The van der Waals surface area contributed by atoms with Crippen molar-refractivity contribution >= 4 is 5.69 Å². The van der Waals surface area contributed by atoms with Gasteiger partial charge in [-0.2, -0.15) is 0 Å². The van der Waals surface area contributed by atoms with Crippen LogP contribution < -0.4 is 10.4 Å². The maximum Gasteiger partial charge on any atom is 0.120 e. The van der Waals surface area contributed by atoms with Crippen molar-refractivity contribution in [2.75, 3.05) is 18.0 Å². The van der Waals surface area contributed by atoms with Crippen LogP contribution in [0.5, 0.6) is 5.75 Å². The summed E-state index contributed by atoms with van der Waals surface area (Å²) in [5.74, 6) is 0.222. The van der Waals surface area contributed by atoms with Crippen molar-refractivity contribution in [1.82, 2.24) is 5.48 Å². The third-order valence-corrected chi connectivity index (χ3v) is 2.80. The lowest BCUT2D eigenvalue weighted by molar-refractivity contribution is 0.160. The van der Waals surface area contributed by atoms with Gasteiger partial charge < -0.3 is 15.2 Å². The van der Waals surface area contributed by atoms with Gasteiger partial charge in [0, 0.05) is 30.9 Å². The molecule has 0 atom stereocenters. The zero-order valence-corrected chi connectivity index (χ0v) is 8.61. The van der Waals surface area contributed by atoms with Gasteiger partial charge in [-0.3, -0.25) is 0 Å². The van der Waals surface area contributed by atoms with E-state index in [9.17, 15) is 5.11 Å². The Morgan fingerprint density at radius 3 is 2.67 bits per heavy atom. The third kappa shape index (κ3) is 2.22. The molecule has 0 spiro atoms. The number of phenolic OH excluding ortho intramolecular Hbond substituents is 1. The van der Waals surface area contributed by atoms with Crippen molar-refractivity contribution in [3.63, 3.8) is 0 Å². The van der Waals surface area contributed by atoms with Crippen LogP contribution in [0.4, 0.5) is 5.69 Å². The second kappa shape index (κ2) is 4.51. The van der Waals surface area contributed by atoms with Crippen LogP contribution in [-0.2, 0) is 6.54 Å². The van der Waals surface area contributed by atoms with Crippen LogP contribution in [0.25, 0.3) is 0 Å². The highest BCUT2D eigenvalue weighted by Gasteiger charge is 2.13. The Balaban J connectivity index is 2.21. The molecule has 2 rings (SSSR count). The summed E-state index contributed by atoms with van der Waals surface area (Å²) in [4.78, 5) is 2.29. The molecule has 82 valence electrons. The average molecular weight is 208 g/mol. The predicted molar refractivity (Wildman–Crippen MR) is 58.2 cm³/mol. The van der Waals surface area contributed by atoms with E-state index in [2.05, 4.69) is 10.4 Å². The maximum atomic E-state index is 9.54. The number of hydrogen-bond acceptors (Lipinski definition) is 4. The first-order valence-corrected chi connectivity index (χ1v) is 5.25. The quantitative estimate of drug-likeness (QED) is 0.658. The van der Waals surface area contributed by atoms with Gasteiger partial charge in [0.25, 0.3) is 0 Å². The number of nitrogens with one attached hydrogen (secondary N) is 1. The van der Waals surface area contributed by atoms with Crippen LogP contribution in [0.3, 0.4) is 0 Å². The summed E-state index contributed by atoms with van der Waals surface area (Å²) >= 11 is 0. The molecule has 3 N–H and O–H groups in total. The molecule has 15 heavy (non-hydrogen) atoms. The molecule has 1 aromatic carbocycles. The minimum Gasteiger partial charge on any atom is -0.508 e. The molecule has 0 radical (unpaired) electrons. The van der Waals surface area contributed by atoms with Gasteiger partial charge in [-0.15, -0.1) is 0 Å². The van der Waals surface area contributed by atoms with Crippen LogP contribution >= 0.6 is 0 Å². The summed E-state index contributed by atoms with van der Waals surface area (Å²) in [5.41, 5.74) is 3.91. The van der Waals surface area contributed by atoms with Crippen LogP contribution in [0.2, 0.25) is 0 Å². The number of hydrogen-bond donors (Lipinski definition) is 3. The Morgan fingerprint density at radius 2 is 2.00 bits per heavy atom. The molecule has 0 amide bonds. The molecule has 1 aliphatic heterocycles. The second-order valence-corrected chi connectivity index (χ2v) is 3.84. The molecule has 0 bridgehead atoms. The van der Waals surface area contributed by atoms with Gasteiger partial charge in [0.05, 0.1) is 0 Å². The van der Waals surface area contributed by atoms with Crippen molar-refractivity contribution in [3.8, 4) is 5.75 Å². The minimum absolute atomic E-state index is 0.222. The zero-order chi connectivity index (χ0) is 10.7. The maximum absolute atomic E-state index is 9.54. The number of phenols is 1. The van der Waals surface area contributed by atoms with E-state index in [0.29, 0.717) is 0 Å². The average Bonchev–Trinajstić information content (AvgIpc) is 2.75. The summed E-state index contributed by atoms with van der Waals surface area (Å²) in [6.07, 6.45) is 2.46. The summed E-state index contributed by atoms with van der Waals surface area (Å²) in [5, 5.41) is 18.2. The molecule has 4 heteroatoms. The Hall–Kier alpha value is -1.26. The summed E-state index contributed by atoms with van der Waals surface area (Å²) in [7, 11) is 0. The van der Waals surface area contributed by atoms with E-state index in [1.807, 2.05) is 12.1 Å². The number of nitrogens with zero attached hydrogens (tertiary/aromatic N) is 1. The van der Waals surface area contributed by atoms with Crippen molar-refractivity contribution in [2.45, 2.75) is 19.4 Å². The molecule has 1 aromatic rings. The lowest BCUT2D eigenvalue weighted by atomic mass is 10.1. The highest BCUT2D eigenvalue weighted by molar-refractivity contribution is 5.53. The predicted octanol–water partition coefficient (Wildman–Crippen LogP) is 1.47. The van der Waals surface area contributed by atoms with Gasteiger partial charge in [0.2, 0.25) is 0 Å². The van der Waals surface area contributed by atoms with E-state index in [-0.39, 0.29) is 12.3 Å². The fourth-order valence-electron chi connectivity index (χ4n) is 1.97. The summed E-state index contributed by atoms with van der Waals surface area (Å²) in [6, 6.07) is 5.52. The first-order valence-electron chi connectivity index (χ1n) is 5.25. The van der Waals surface area contributed by atoms with Gasteiger partial charge in [-0.1, -0.05) is 0 Å². The molecule has 1 aliphatic rings. The molecule has 0 saturated carbocycles. The monoisotopic (exact) mass is 208 g/mol. The number of benzene rings is 1. The van der Waals surface area contributed by atoms with Gasteiger partial charge in [0.15, 0.2) is 0 Å². The van der Waals surface area contributed by atoms with Crippen molar-refractivity contribution < 1.29 is 10.3 Å². The first-order chi connectivity index (χ1) is 7.31. The van der Waals surface area contributed by atoms with Crippen LogP contribution in [0.1, 0.15) is 18.4 Å². The Morgan fingerprint density at radius 1 is 1.27 bits per heavy atom. The van der Waals surface area contributed by atoms with E-state index < -0.39 is 0 Å². The van der Waals surface area contributed by atoms with Gasteiger partial charge >= 0.3 is 0 Å². The lowest BCUT2D eigenvalue weighted by Gasteiger charge is -2.18. The zero-order valence-electron chi connectivity index (χ0n) is 8.61. The van der Waals surface area contributed by atoms with Gasteiger partial charge in [-0.25, -0.2) is 5.48 Å². The highest BCUT2D eigenvalue weighted by Crippen LogP contribution is 2.26. The number of rotatable bonds is 3. The molecule has 0 aromatic heterocycles. The van der Waals surface area contributed by atoms with Crippen LogP contribution in [-0.4, -0.2) is 23.4 Å². The van der Waals surface area contributed by atoms with Crippen molar-refractivity contribution in [3.05, 3.63) is 23.8 Å². The highest BCUT2D eigenvalue weighted by atomic mass is 16.5. The molecule has 0 unspecified atom stereocenters. The summed E-state index contributed by atoms with van der Waals surface area (Å²) in [6.45, 7) is 2.43. The van der Waals surface area contributed by atoms with E-state index >= 15 is 0 Å². The normalized spacial score (nSPS) is 15.9. The standard InChI is InChI=1S/C11H16N2O2/c14-11-4-3-10(7-9(11)8-12-15)13-5-1-2-6-13/h3-4,7,12,14-15H,1-2,5-6,8H2. The SMILES string of the molecule is ONCc1cc(N2CCCC2)ccc1O. The molecule has 4 nitrogen and oxygen atoms in total. The topological polar surface area (TPSA) is 55.7 Å². The smallest absolute Gasteiger partial charge is 0.120 e. The fourth-order valence-corrected chi connectivity index (χ4v) is 1.97. The second-order valence-electron chi connectivity index (χ2n) is 3.84. The molecule has 1 fully saturated rings. The van der Waals surface area contributed by atoms with E-state index in [1.54, 1.807) is 6.07 Å². The molecular formula is C11H16N2O2. The molecule has 0 aliphatic carbocycles. The molecular weight excluding hydrogens is 192 g/mol.